The molecule has 1 fully saturated rings. The van der Waals surface area contributed by atoms with Gasteiger partial charge in [0.1, 0.15) is 13.2 Å². The third kappa shape index (κ3) is 5.24. The summed E-state index contributed by atoms with van der Waals surface area (Å²) in [5.74, 6) is -0.147. The monoisotopic (exact) mass is 472 g/mol. The summed E-state index contributed by atoms with van der Waals surface area (Å²) < 4.78 is 20.0. The summed E-state index contributed by atoms with van der Waals surface area (Å²) in [6, 6.07) is 8.07. The Labute approximate surface area is 199 Å². The highest BCUT2D eigenvalue weighted by molar-refractivity contribution is 7.10. The van der Waals surface area contributed by atoms with E-state index < -0.39 is 5.82 Å². The maximum atomic E-state index is 14.1. The van der Waals surface area contributed by atoms with Crippen molar-refractivity contribution in [3.05, 3.63) is 52.0 Å². The topological polar surface area (TPSA) is 49.9 Å². The number of fused-ring (bicyclic) bond motifs is 1. The van der Waals surface area contributed by atoms with Crippen LogP contribution >= 0.6 is 11.3 Å². The fourth-order valence-corrected chi connectivity index (χ4v) is 5.85. The highest BCUT2D eigenvalue weighted by atomic mass is 32.1. The minimum Gasteiger partial charge on any atom is -0.488 e. The van der Waals surface area contributed by atoms with Gasteiger partial charge in [-0.2, -0.15) is 0 Å². The number of para-hydroxylation sites is 1. The third-order valence-electron chi connectivity index (χ3n) is 7.06. The lowest BCUT2D eigenvalue weighted by molar-refractivity contribution is -0.146. The van der Waals surface area contributed by atoms with Gasteiger partial charge in [0.25, 0.3) is 0 Å². The summed E-state index contributed by atoms with van der Waals surface area (Å²) in [7, 11) is 0. The van der Waals surface area contributed by atoms with Crippen LogP contribution < -0.4 is 4.74 Å². The summed E-state index contributed by atoms with van der Waals surface area (Å²) in [4.78, 5) is 31.7. The molecule has 1 aromatic heterocycles. The van der Waals surface area contributed by atoms with Crippen molar-refractivity contribution < 1.29 is 18.7 Å². The van der Waals surface area contributed by atoms with Gasteiger partial charge in [0.15, 0.2) is 11.6 Å². The predicted molar refractivity (Wildman–Crippen MR) is 128 cm³/mol. The fraction of sp³-hybridized carbons (Fsp3) is 0.538. The Kier molecular flexibility index (Phi) is 7.68. The highest BCUT2D eigenvalue weighted by Crippen LogP contribution is 2.35. The first kappa shape index (κ1) is 23.7. The lowest BCUT2D eigenvalue weighted by Crippen LogP contribution is -2.51. The number of benzene rings is 1. The van der Waals surface area contributed by atoms with Crippen LogP contribution in [0.25, 0.3) is 0 Å². The molecule has 1 saturated carbocycles. The second-order valence-corrected chi connectivity index (χ2v) is 10.1. The van der Waals surface area contributed by atoms with Crippen molar-refractivity contribution in [1.82, 2.24) is 9.80 Å². The van der Waals surface area contributed by atoms with Gasteiger partial charge in [-0.1, -0.05) is 31.9 Å². The number of amides is 2. The molecule has 5 nitrogen and oxygen atoms in total. The molecule has 0 spiro atoms. The zero-order valence-corrected chi connectivity index (χ0v) is 20.3. The Morgan fingerprint density at radius 1 is 1.24 bits per heavy atom. The smallest absolute Gasteiger partial charge is 0.242 e. The Balaban J connectivity index is 1.52. The van der Waals surface area contributed by atoms with Crippen molar-refractivity contribution in [2.75, 3.05) is 19.7 Å². The van der Waals surface area contributed by atoms with Crippen LogP contribution in [0.3, 0.4) is 0 Å². The molecule has 2 amide bonds. The second-order valence-electron chi connectivity index (χ2n) is 9.10. The molecule has 0 unspecified atom stereocenters. The summed E-state index contributed by atoms with van der Waals surface area (Å²) >= 11 is 1.68. The van der Waals surface area contributed by atoms with E-state index in [1.807, 2.05) is 30.2 Å². The van der Waals surface area contributed by atoms with E-state index in [1.165, 1.54) is 10.9 Å². The molecule has 2 heterocycles. The molecular formula is C26H33FN2O3S. The van der Waals surface area contributed by atoms with Crippen molar-refractivity contribution in [1.29, 1.82) is 0 Å². The van der Waals surface area contributed by atoms with Crippen LogP contribution in [-0.2, 0) is 16.0 Å². The predicted octanol–water partition coefficient (Wildman–Crippen LogP) is 5.21. The number of nitrogens with zero attached hydrogens (tertiary/aromatic N) is 2. The maximum Gasteiger partial charge on any atom is 0.242 e. The lowest BCUT2D eigenvalue weighted by atomic mass is 10.00. The SMILES string of the molecule is CC[C@@H](C)N(CC(=O)N1CCc2sccc2[C@@H]1COc1ccccc1F)C(=O)C1CCCC1. The molecule has 0 saturated heterocycles. The van der Waals surface area contributed by atoms with Crippen LogP contribution in [0.2, 0.25) is 0 Å². The van der Waals surface area contributed by atoms with Gasteiger partial charge in [0.2, 0.25) is 11.8 Å². The lowest BCUT2D eigenvalue weighted by Gasteiger charge is -2.38. The summed E-state index contributed by atoms with van der Waals surface area (Å²) in [6.45, 7) is 4.90. The van der Waals surface area contributed by atoms with Crippen LogP contribution in [0.5, 0.6) is 5.75 Å². The molecule has 2 atom stereocenters. The van der Waals surface area contributed by atoms with E-state index in [0.717, 1.165) is 44.1 Å². The molecule has 33 heavy (non-hydrogen) atoms. The number of rotatable bonds is 8. The van der Waals surface area contributed by atoms with E-state index in [0.29, 0.717) is 6.54 Å². The number of carbonyl (C=O) groups is 2. The van der Waals surface area contributed by atoms with Crippen LogP contribution in [0.1, 0.15) is 62.4 Å². The summed E-state index contributed by atoms with van der Waals surface area (Å²) in [5.41, 5.74) is 1.06. The minimum atomic E-state index is -0.415. The number of hydrogen-bond acceptors (Lipinski definition) is 4. The van der Waals surface area contributed by atoms with Gasteiger partial charge in [-0.15, -0.1) is 11.3 Å². The quantitative estimate of drug-likeness (QED) is 0.530. The van der Waals surface area contributed by atoms with Gasteiger partial charge in [0, 0.05) is 23.4 Å². The average molecular weight is 473 g/mol. The number of carbonyl (C=O) groups excluding carboxylic acids is 2. The van der Waals surface area contributed by atoms with E-state index in [2.05, 4.69) is 0 Å². The third-order valence-corrected chi connectivity index (χ3v) is 8.06. The fourth-order valence-electron chi connectivity index (χ4n) is 4.92. The number of hydrogen-bond donors (Lipinski definition) is 0. The van der Waals surface area contributed by atoms with Gasteiger partial charge < -0.3 is 14.5 Å². The molecule has 7 heteroatoms. The van der Waals surface area contributed by atoms with Gasteiger partial charge >= 0.3 is 0 Å². The largest absolute Gasteiger partial charge is 0.488 e. The van der Waals surface area contributed by atoms with Gasteiger partial charge in [-0.05, 0) is 61.7 Å². The minimum absolute atomic E-state index is 0.0108. The van der Waals surface area contributed by atoms with E-state index in [9.17, 15) is 14.0 Å². The maximum absolute atomic E-state index is 14.1. The van der Waals surface area contributed by atoms with E-state index in [4.69, 9.17) is 4.74 Å². The molecule has 2 aromatic rings. The molecule has 0 radical (unpaired) electrons. The van der Waals surface area contributed by atoms with Gasteiger partial charge in [0.05, 0.1) is 6.04 Å². The highest BCUT2D eigenvalue weighted by Gasteiger charge is 2.36. The Bertz CT molecular complexity index is 972. The summed E-state index contributed by atoms with van der Waals surface area (Å²) in [5, 5.41) is 2.03. The Hall–Kier alpha value is -2.41. The zero-order chi connectivity index (χ0) is 23.4. The molecule has 1 aromatic carbocycles. The van der Waals surface area contributed by atoms with Gasteiger partial charge in [-0.25, -0.2) is 4.39 Å². The van der Waals surface area contributed by atoms with Crippen molar-refractivity contribution in [2.45, 2.75) is 64.5 Å². The van der Waals surface area contributed by atoms with Crippen molar-refractivity contribution in [3.8, 4) is 5.75 Å². The molecule has 0 N–H and O–H groups in total. The standard InChI is InChI=1S/C26H33FN2O3S/c1-3-18(2)29(26(31)19-8-4-5-9-19)16-25(30)28-14-12-24-20(13-15-33-24)22(28)17-32-23-11-7-6-10-21(23)27/h6-7,10-11,13,15,18-19,22H,3-5,8-9,12,14,16-17H2,1-2H3/t18-,22+/m1/s1. The first-order valence-electron chi connectivity index (χ1n) is 12.0. The van der Waals surface area contributed by atoms with E-state index in [-0.39, 0.29) is 48.7 Å². The molecule has 1 aliphatic carbocycles. The van der Waals surface area contributed by atoms with Crippen molar-refractivity contribution in [2.24, 2.45) is 5.92 Å². The Morgan fingerprint density at radius 3 is 2.73 bits per heavy atom. The van der Waals surface area contributed by atoms with Gasteiger partial charge in [-0.3, -0.25) is 9.59 Å². The molecule has 178 valence electrons. The second kappa shape index (κ2) is 10.7. The average Bonchev–Trinajstić information content (AvgIpc) is 3.53. The van der Waals surface area contributed by atoms with Crippen LogP contribution in [0, 0.1) is 11.7 Å². The van der Waals surface area contributed by atoms with Crippen LogP contribution in [0.4, 0.5) is 4.39 Å². The van der Waals surface area contributed by atoms with Crippen molar-refractivity contribution in [3.63, 3.8) is 0 Å². The van der Waals surface area contributed by atoms with Crippen molar-refractivity contribution >= 4 is 23.2 Å². The zero-order valence-electron chi connectivity index (χ0n) is 19.5. The number of halogens is 1. The first-order chi connectivity index (χ1) is 16.0. The van der Waals surface area contributed by atoms with E-state index in [1.54, 1.807) is 34.4 Å². The summed E-state index contributed by atoms with van der Waals surface area (Å²) in [6.07, 6.45) is 5.60. The number of ether oxygens (including phenoxy) is 1. The Morgan fingerprint density at radius 2 is 2.00 bits per heavy atom. The molecule has 1 aliphatic heterocycles. The first-order valence-corrected chi connectivity index (χ1v) is 12.9. The molecular weight excluding hydrogens is 439 g/mol. The van der Waals surface area contributed by atoms with E-state index >= 15 is 0 Å². The number of thiophene rings is 1. The van der Waals surface area contributed by atoms with Crippen LogP contribution in [0.15, 0.2) is 35.7 Å². The normalized spacial score (nSPS) is 19.2. The molecule has 2 aliphatic rings. The van der Waals surface area contributed by atoms with Crippen LogP contribution in [-0.4, -0.2) is 47.4 Å². The molecule has 0 bridgehead atoms. The molecule has 4 rings (SSSR count).